The average Bonchev–Trinajstić information content (AvgIpc) is 2.68. The Morgan fingerprint density at radius 1 is 1.08 bits per heavy atom. The Hall–Kier alpha value is -0.750. The molecule has 0 unspecified atom stereocenters. The van der Waals surface area contributed by atoms with Crippen LogP contribution in [0.5, 0.6) is 0 Å². The molecule has 4 saturated carbocycles. The minimum Gasteiger partial charge on any atom is -0.396 e. The summed E-state index contributed by atoms with van der Waals surface area (Å²) in [4.78, 5) is 13.2. The van der Waals surface area contributed by atoms with Gasteiger partial charge >= 0.3 is 0 Å². The Bertz CT molecular complexity index is 628. The van der Waals surface area contributed by atoms with E-state index >= 15 is 0 Å². The number of carbonyl (C=O) groups is 1. The Labute approximate surface area is 148 Å². The molecule has 5 heteroatoms. The predicted octanol–water partition coefficient (Wildman–Crippen LogP) is 1.04. The largest absolute Gasteiger partial charge is 0.396 e. The van der Waals surface area contributed by atoms with Gasteiger partial charge in [-0.3, -0.25) is 4.79 Å². The fourth-order valence-electron chi connectivity index (χ4n) is 7.33. The zero-order chi connectivity index (χ0) is 18.4. The van der Waals surface area contributed by atoms with Crippen LogP contribution < -0.4 is 0 Å². The van der Waals surface area contributed by atoms with Gasteiger partial charge in [-0.2, -0.15) is 0 Å². The van der Waals surface area contributed by atoms with Gasteiger partial charge in [0.05, 0.1) is 23.7 Å². The molecule has 4 aliphatic rings. The molecule has 4 rings (SSSR count). The zero-order valence-electron chi connectivity index (χ0n) is 15.1. The van der Waals surface area contributed by atoms with Crippen molar-refractivity contribution in [2.24, 2.45) is 34.0 Å². The molecule has 5 nitrogen and oxygen atoms in total. The quantitative estimate of drug-likeness (QED) is 0.530. The molecule has 25 heavy (non-hydrogen) atoms. The Morgan fingerprint density at radius 3 is 2.40 bits per heavy atom. The molecule has 0 aromatic carbocycles. The number of fused-ring (bicyclic) bond motifs is 3. The molecule has 2 bridgehead atoms. The molecule has 0 radical (unpaired) electrons. The van der Waals surface area contributed by atoms with Gasteiger partial charge in [0.1, 0.15) is 0 Å². The molecule has 8 atom stereocenters. The van der Waals surface area contributed by atoms with E-state index in [-0.39, 0.29) is 30.1 Å². The molecule has 0 saturated heterocycles. The molecule has 0 aliphatic heterocycles. The van der Waals surface area contributed by atoms with Gasteiger partial charge in [0, 0.05) is 17.9 Å². The number of Topliss-reactive ketones (excluding diaryl/α,β-unsaturated/α-hetero) is 1. The molecule has 1 spiro atoms. The summed E-state index contributed by atoms with van der Waals surface area (Å²) in [5, 5.41) is 43.2. The molecule has 0 amide bonds. The Kier molecular flexibility index (Phi) is 3.64. The number of hydrogen-bond acceptors (Lipinski definition) is 5. The lowest BCUT2D eigenvalue weighted by Gasteiger charge is -2.66. The van der Waals surface area contributed by atoms with Crippen molar-refractivity contribution < 1.29 is 25.2 Å². The molecular weight excluding hydrogens is 320 g/mol. The summed E-state index contributed by atoms with van der Waals surface area (Å²) in [6.45, 7) is 7.83. The van der Waals surface area contributed by atoms with E-state index in [0.717, 1.165) is 0 Å². The van der Waals surface area contributed by atoms with E-state index in [9.17, 15) is 25.2 Å². The second kappa shape index (κ2) is 5.16. The van der Waals surface area contributed by atoms with Crippen LogP contribution in [-0.4, -0.2) is 51.1 Å². The third-order valence-electron chi connectivity index (χ3n) is 8.68. The minimum absolute atomic E-state index is 0.0793. The first-order chi connectivity index (χ1) is 11.7. The lowest BCUT2D eigenvalue weighted by molar-refractivity contribution is -0.252. The molecule has 4 aliphatic carbocycles. The lowest BCUT2D eigenvalue weighted by atomic mass is 9.39. The first kappa shape index (κ1) is 17.7. The van der Waals surface area contributed by atoms with Crippen molar-refractivity contribution in [1.82, 2.24) is 0 Å². The highest BCUT2D eigenvalue weighted by molar-refractivity contribution is 6.04. The molecular formula is C20H30O5. The molecule has 4 N–H and O–H groups in total. The van der Waals surface area contributed by atoms with Crippen LogP contribution in [0.3, 0.4) is 0 Å². The molecule has 0 heterocycles. The summed E-state index contributed by atoms with van der Waals surface area (Å²) in [6, 6.07) is 0. The number of aliphatic hydroxyl groups is 4. The van der Waals surface area contributed by atoms with Gasteiger partial charge in [0.25, 0.3) is 0 Å². The van der Waals surface area contributed by atoms with E-state index in [0.29, 0.717) is 37.7 Å². The third kappa shape index (κ3) is 1.76. The van der Waals surface area contributed by atoms with E-state index in [2.05, 4.69) is 6.58 Å². The van der Waals surface area contributed by atoms with Crippen molar-refractivity contribution in [3.63, 3.8) is 0 Å². The number of hydrogen-bond donors (Lipinski definition) is 4. The lowest BCUT2D eigenvalue weighted by Crippen LogP contribution is -2.70. The molecule has 0 aromatic heterocycles. The Morgan fingerprint density at radius 2 is 1.76 bits per heavy atom. The van der Waals surface area contributed by atoms with Crippen LogP contribution in [0.25, 0.3) is 0 Å². The van der Waals surface area contributed by atoms with E-state index in [1.54, 1.807) is 0 Å². The fourth-order valence-corrected chi connectivity index (χ4v) is 7.33. The van der Waals surface area contributed by atoms with Gasteiger partial charge in [-0.25, -0.2) is 0 Å². The second-order valence-corrected chi connectivity index (χ2v) is 9.54. The van der Waals surface area contributed by atoms with E-state index in [4.69, 9.17) is 0 Å². The molecule has 140 valence electrons. The number of carbonyl (C=O) groups excluding carboxylic acids is 1. The number of ketones is 1. The molecule has 0 aromatic rings. The Balaban J connectivity index is 1.90. The van der Waals surface area contributed by atoms with Crippen molar-refractivity contribution in [2.75, 3.05) is 6.61 Å². The van der Waals surface area contributed by atoms with Crippen LogP contribution in [0.1, 0.15) is 46.0 Å². The number of rotatable bonds is 1. The van der Waals surface area contributed by atoms with E-state index in [1.807, 2.05) is 13.8 Å². The van der Waals surface area contributed by atoms with E-state index < -0.39 is 34.6 Å². The maximum absolute atomic E-state index is 13.2. The summed E-state index contributed by atoms with van der Waals surface area (Å²) in [7, 11) is 0. The highest BCUT2D eigenvalue weighted by Crippen LogP contribution is 2.70. The van der Waals surface area contributed by atoms with Gasteiger partial charge in [0.15, 0.2) is 5.78 Å². The average molecular weight is 350 g/mol. The van der Waals surface area contributed by atoms with Gasteiger partial charge in [-0.1, -0.05) is 20.4 Å². The second-order valence-electron chi connectivity index (χ2n) is 9.54. The van der Waals surface area contributed by atoms with Crippen LogP contribution in [0.2, 0.25) is 0 Å². The third-order valence-corrected chi connectivity index (χ3v) is 8.68. The summed E-state index contributed by atoms with van der Waals surface area (Å²) >= 11 is 0. The number of aliphatic hydroxyl groups excluding tert-OH is 4. The summed E-state index contributed by atoms with van der Waals surface area (Å²) in [5.74, 6) is -0.837. The summed E-state index contributed by atoms with van der Waals surface area (Å²) < 4.78 is 0. The van der Waals surface area contributed by atoms with Crippen LogP contribution in [0, 0.1) is 34.0 Å². The zero-order valence-corrected chi connectivity index (χ0v) is 15.1. The van der Waals surface area contributed by atoms with Crippen LogP contribution in [-0.2, 0) is 4.79 Å². The summed E-state index contributed by atoms with van der Waals surface area (Å²) in [6.07, 6.45) is 0.515. The van der Waals surface area contributed by atoms with Gasteiger partial charge in [-0.05, 0) is 54.9 Å². The highest BCUT2D eigenvalue weighted by Gasteiger charge is 2.75. The van der Waals surface area contributed by atoms with Gasteiger partial charge in [0.2, 0.25) is 0 Å². The topological polar surface area (TPSA) is 98.0 Å². The summed E-state index contributed by atoms with van der Waals surface area (Å²) in [5.41, 5.74) is -1.79. The maximum Gasteiger partial charge on any atom is 0.170 e. The predicted molar refractivity (Wildman–Crippen MR) is 91.5 cm³/mol. The van der Waals surface area contributed by atoms with Crippen LogP contribution >= 0.6 is 0 Å². The first-order valence-corrected chi connectivity index (χ1v) is 9.54. The monoisotopic (exact) mass is 350 g/mol. The fraction of sp³-hybridized carbons (Fsp3) is 0.850. The van der Waals surface area contributed by atoms with Crippen molar-refractivity contribution in [3.8, 4) is 0 Å². The first-order valence-electron chi connectivity index (χ1n) is 9.54. The maximum atomic E-state index is 13.2. The van der Waals surface area contributed by atoms with Gasteiger partial charge < -0.3 is 20.4 Å². The van der Waals surface area contributed by atoms with Crippen LogP contribution in [0.15, 0.2) is 12.2 Å². The van der Waals surface area contributed by atoms with Crippen molar-refractivity contribution in [2.45, 2.75) is 64.3 Å². The molecule has 4 fully saturated rings. The van der Waals surface area contributed by atoms with Crippen molar-refractivity contribution in [3.05, 3.63) is 12.2 Å². The SMILES string of the molecule is C=C1C(=O)[C@@]23[C@H](O)C[C@H]4C(C)(C)[C@@H](O)CC[C@@]4(CO)[C@@H]2CC[C@@H]1[C@H]3O. The van der Waals surface area contributed by atoms with Crippen molar-refractivity contribution >= 4 is 5.78 Å². The van der Waals surface area contributed by atoms with Crippen molar-refractivity contribution in [1.29, 1.82) is 0 Å². The normalized spacial score (nSPS) is 54.2. The van der Waals surface area contributed by atoms with Gasteiger partial charge in [-0.15, -0.1) is 0 Å². The highest BCUT2D eigenvalue weighted by atomic mass is 16.3. The van der Waals surface area contributed by atoms with E-state index in [1.165, 1.54) is 0 Å². The smallest absolute Gasteiger partial charge is 0.170 e. The minimum atomic E-state index is -1.22. The standard InChI is InChI=1S/C20H30O5/c1-10-11-4-5-12-19(9-21)7-6-14(22)18(2,3)13(19)8-15(23)20(12,16(10)24)17(11)25/h11-15,17,21-23,25H,1,4-9H2,2-3H3/t11-,12-,13-,14-,15+,17+,19+,20-/m0/s1. The van der Waals surface area contributed by atoms with Crippen LogP contribution in [0.4, 0.5) is 0 Å².